The first kappa shape index (κ1) is 12.4. The minimum absolute atomic E-state index is 0.252. The van der Waals surface area contributed by atoms with Crippen LogP contribution >= 0.6 is 0 Å². The normalized spacial score (nSPS) is 18.0. The van der Waals surface area contributed by atoms with Crippen LogP contribution in [0, 0.1) is 0 Å². The maximum absolute atomic E-state index is 12.1. The summed E-state index contributed by atoms with van der Waals surface area (Å²) in [7, 11) is 0. The average molecular weight is 209 g/mol. The van der Waals surface area contributed by atoms with Gasteiger partial charge in [0.25, 0.3) is 0 Å². The van der Waals surface area contributed by atoms with Crippen molar-refractivity contribution in [1.82, 2.24) is 4.90 Å². The van der Waals surface area contributed by atoms with Gasteiger partial charge in [-0.2, -0.15) is 0 Å². The minimum Gasteiger partial charge on any atom is -0.298 e. The van der Waals surface area contributed by atoms with Crippen molar-refractivity contribution in [3.63, 3.8) is 0 Å². The molecule has 2 nitrogen and oxygen atoms in total. The average Bonchev–Trinajstić information content (AvgIpc) is 2.71. The number of allylic oxidation sites excluding steroid dienone is 1. The number of unbranched alkanes of at least 4 members (excludes halogenated alkanes) is 1. The van der Waals surface area contributed by atoms with Crippen LogP contribution < -0.4 is 0 Å². The van der Waals surface area contributed by atoms with E-state index >= 15 is 0 Å². The zero-order chi connectivity index (χ0) is 11.3. The molecule has 0 unspecified atom stereocenters. The van der Waals surface area contributed by atoms with Gasteiger partial charge in [-0.25, -0.2) is 0 Å². The number of ketones is 1. The topological polar surface area (TPSA) is 20.3 Å². The molecule has 15 heavy (non-hydrogen) atoms. The van der Waals surface area contributed by atoms with Crippen LogP contribution in [0.5, 0.6) is 0 Å². The first-order valence-electron chi connectivity index (χ1n) is 5.98. The Balaban J connectivity index is 2.44. The maximum Gasteiger partial charge on any atom is 0.152 e. The fourth-order valence-corrected chi connectivity index (χ4v) is 2.17. The number of nitrogens with zero attached hydrogens (tertiary/aromatic N) is 1. The molecule has 0 aliphatic carbocycles. The van der Waals surface area contributed by atoms with Gasteiger partial charge in [0.05, 0.1) is 5.54 Å². The van der Waals surface area contributed by atoms with Crippen molar-refractivity contribution in [2.24, 2.45) is 0 Å². The molecule has 1 heterocycles. The van der Waals surface area contributed by atoms with Crippen molar-refractivity contribution < 1.29 is 4.79 Å². The van der Waals surface area contributed by atoms with E-state index in [2.05, 4.69) is 25.3 Å². The first-order chi connectivity index (χ1) is 7.09. The lowest BCUT2D eigenvalue weighted by atomic mass is 9.93. The molecular formula is C13H23NO. The fraction of sp³-hybridized carbons (Fsp3) is 0.769. The Labute approximate surface area is 93.3 Å². The highest BCUT2D eigenvalue weighted by Gasteiger charge is 2.34. The van der Waals surface area contributed by atoms with E-state index in [1.807, 2.05) is 6.08 Å². The molecule has 86 valence electrons. The summed E-state index contributed by atoms with van der Waals surface area (Å²) in [5.41, 5.74) is -0.252. The number of carbonyl (C=O) groups excluding carboxylic acids is 1. The summed E-state index contributed by atoms with van der Waals surface area (Å²) in [6, 6.07) is 0. The molecule has 0 N–H and O–H groups in total. The molecule has 0 aromatic rings. The zero-order valence-corrected chi connectivity index (χ0v) is 10.1. The van der Waals surface area contributed by atoms with Gasteiger partial charge in [0, 0.05) is 6.42 Å². The Morgan fingerprint density at radius 1 is 1.40 bits per heavy atom. The predicted octanol–water partition coefficient (Wildman–Crippen LogP) is 2.79. The standard InChI is InChI=1S/C13H23NO/c1-4-5-6-9-12(15)13(2,3)14-10-7-8-11-14/h4H,1,5-11H2,2-3H3. The molecule has 0 saturated carbocycles. The molecule has 0 bridgehead atoms. The molecule has 1 rings (SSSR count). The summed E-state index contributed by atoms with van der Waals surface area (Å²) < 4.78 is 0. The van der Waals surface area contributed by atoms with Gasteiger partial charge in [0.2, 0.25) is 0 Å². The fourth-order valence-electron chi connectivity index (χ4n) is 2.17. The molecule has 0 amide bonds. The van der Waals surface area contributed by atoms with Crippen LogP contribution in [0.3, 0.4) is 0 Å². The van der Waals surface area contributed by atoms with E-state index in [1.54, 1.807) is 0 Å². The molecule has 0 spiro atoms. The highest BCUT2D eigenvalue weighted by atomic mass is 16.1. The largest absolute Gasteiger partial charge is 0.298 e. The molecule has 0 atom stereocenters. The van der Waals surface area contributed by atoms with Crippen molar-refractivity contribution in [2.45, 2.75) is 51.5 Å². The monoisotopic (exact) mass is 209 g/mol. The predicted molar refractivity (Wildman–Crippen MR) is 63.9 cm³/mol. The Kier molecular flexibility index (Phi) is 4.52. The summed E-state index contributed by atoms with van der Waals surface area (Å²) in [6.45, 7) is 9.97. The number of carbonyl (C=O) groups is 1. The lowest BCUT2D eigenvalue weighted by molar-refractivity contribution is -0.128. The van der Waals surface area contributed by atoms with Gasteiger partial charge in [0.1, 0.15) is 0 Å². The molecule has 1 saturated heterocycles. The third-order valence-electron chi connectivity index (χ3n) is 3.39. The van der Waals surface area contributed by atoms with E-state index in [9.17, 15) is 4.79 Å². The summed E-state index contributed by atoms with van der Waals surface area (Å²) in [6.07, 6.45) is 6.94. The Morgan fingerprint density at radius 2 is 2.00 bits per heavy atom. The Morgan fingerprint density at radius 3 is 2.53 bits per heavy atom. The SMILES string of the molecule is C=CCCCC(=O)C(C)(C)N1CCCC1. The van der Waals surface area contributed by atoms with Gasteiger partial charge in [-0.3, -0.25) is 9.69 Å². The number of hydrogen-bond acceptors (Lipinski definition) is 2. The van der Waals surface area contributed by atoms with Gasteiger partial charge in [-0.1, -0.05) is 6.08 Å². The molecule has 2 heteroatoms. The highest BCUT2D eigenvalue weighted by Crippen LogP contribution is 2.23. The van der Waals surface area contributed by atoms with Gasteiger partial charge < -0.3 is 0 Å². The summed E-state index contributed by atoms with van der Waals surface area (Å²) in [4.78, 5) is 14.4. The van der Waals surface area contributed by atoms with Crippen molar-refractivity contribution in [1.29, 1.82) is 0 Å². The molecule has 0 aromatic carbocycles. The Hall–Kier alpha value is -0.630. The van der Waals surface area contributed by atoms with E-state index in [4.69, 9.17) is 0 Å². The summed E-state index contributed by atoms with van der Waals surface area (Å²) >= 11 is 0. The van der Waals surface area contributed by atoms with Gasteiger partial charge in [-0.05, 0) is 52.6 Å². The number of hydrogen-bond donors (Lipinski definition) is 0. The second-order valence-corrected chi connectivity index (χ2v) is 4.86. The highest BCUT2D eigenvalue weighted by molar-refractivity contribution is 5.87. The zero-order valence-electron chi connectivity index (χ0n) is 10.1. The second kappa shape index (κ2) is 5.45. The van der Waals surface area contributed by atoms with Crippen LogP contribution in [0.1, 0.15) is 46.0 Å². The molecular weight excluding hydrogens is 186 g/mol. The number of rotatable bonds is 6. The van der Waals surface area contributed by atoms with Crippen LogP contribution in [0.2, 0.25) is 0 Å². The van der Waals surface area contributed by atoms with Crippen LogP contribution in [-0.4, -0.2) is 29.3 Å². The first-order valence-corrected chi connectivity index (χ1v) is 5.98. The molecule has 0 aromatic heterocycles. The van der Waals surface area contributed by atoms with Crippen molar-refractivity contribution in [2.75, 3.05) is 13.1 Å². The van der Waals surface area contributed by atoms with E-state index in [1.165, 1.54) is 12.8 Å². The third-order valence-corrected chi connectivity index (χ3v) is 3.39. The minimum atomic E-state index is -0.252. The van der Waals surface area contributed by atoms with Crippen LogP contribution in [0.15, 0.2) is 12.7 Å². The second-order valence-electron chi connectivity index (χ2n) is 4.86. The van der Waals surface area contributed by atoms with Gasteiger partial charge >= 0.3 is 0 Å². The van der Waals surface area contributed by atoms with Crippen LogP contribution in [-0.2, 0) is 4.79 Å². The maximum atomic E-state index is 12.1. The summed E-state index contributed by atoms with van der Waals surface area (Å²) in [5, 5.41) is 0. The van der Waals surface area contributed by atoms with E-state index in [0.717, 1.165) is 25.9 Å². The third kappa shape index (κ3) is 3.16. The lowest BCUT2D eigenvalue weighted by Gasteiger charge is -2.33. The van der Waals surface area contributed by atoms with E-state index in [-0.39, 0.29) is 5.54 Å². The van der Waals surface area contributed by atoms with Crippen LogP contribution in [0.25, 0.3) is 0 Å². The van der Waals surface area contributed by atoms with E-state index < -0.39 is 0 Å². The van der Waals surface area contributed by atoms with Crippen molar-refractivity contribution in [3.8, 4) is 0 Å². The van der Waals surface area contributed by atoms with Crippen LogP contribution in [0.4, 0.5) is 0 Å². The van der Waals surface area contributed by atoms with Gasteiger partial charge in [-0.15, -0.1) is 6.58 Å². The smallest absolute Gasteiger partial charge is 0.152 e. The summed E-state index contributed by atoms with van der Waals surface area (Å²) in [5.74, 6) is 0.381. The molecule has 1 fully saturated rings. The quantitative estimate of drug-likeness (QED) is 0.495. The number of Topliss-reactive ketones (excluding diaryl/α,β-unsaturated/α-hetero) is 1. The Bertz CT molecular complexity index is 227. The van der Waals surface area contributed by atoms with Crippen molar-refractivity contribution in [3.05, 3.63) is 12.7 Å². The van der Waals surface area contributed by atoms with E-state index in [0.29, 0.717) is 12.2 Å². The lowest BCUT2D eigenvalue weighted by Crippen LogP contribution is -2.48. The number of likely N-dealkylation sites (tertiary alicyclic amines) is 1. The molecule has 0 radical (unpaired) electrons. The molecule has 1 aliphatic heterocycles. The molecule has 1 aliphatic rings. The van der Waals surface area contributed by atoms with Gasteiger partial charge in [0.15, 0.2) is 5.78 Å². The van der Waals surface area contributed by atoms with Crippen molar-refractivity contribution >= 4 is 5.78 Å².